The van der Waals surface area contributed by atoms with E-state index in [1.54, 1.807) is 62.4 Å². The molecule has 1 aliphatic heterocycles. The summed E-state index contributed by atoms with van der Waals surface area (Å²) in [6.45, 7) is 5.59. The number of rotatable bonds is 7. The molecule has 13 nitrogen and oxygen atoms in total. The fraction of sp³-hybridized carbons (Fsp3) is 0.514. The number of aliphatic hydroxyl groups excluding tert-OH is 3. The molecule has 50 heavy (non-hydrogen) atoms. The molecule has 1 saturated heterocycles. The van der Waals surface area contributed by atoms with Gasteiger partial charge in [0.05, 0.1) is 36.2 Å². The third-order valence-corrected chi connectivity index (χ3v) is 11.3. The van der Waals surface area contributed by atoms with E-state index in [2.05, 4.69) is 0 Å². The maximum Gasteiger partial charge on any atom is 0.338 e. The number of benzene rings is 2. The van der Waals surface area contributed by atoms with E-state index in [1.165, 1.54) is 26.0 Å². The second-order valence-electron chi connectivity index (χ2n) is 14.4. The zero-order chi connectivity index (χ0) is 36.3. The summed E-state index contributed by atoms with van der Waals surface area (Å²) < 4.78 is 23.7. The fourth-order valence-corrected chi connectivity index (χ4v) is 8.61. The van der Waals surface area contributed by atoms with Crippen LogP contribution in [-0.4, -0.2) is 98.6 Å². The minimum absolute atomic E-state index is 0.00386. The highest BCUT2D eigenvalue weighted by atomic mass is 16.6. The second kappa shape index (κ2) is 13.0. The second-order valence-corrected chi connectivity index (χ2v) is 14.4. The number of carbonyl (C=O) groups is 4. The first-order valence-corrected chi connectivity index (χ1v) is 16.6. The van der Waals surface area contributed by atoms with Crippen LogP contribution in [0.25, 0.3) is 0 Å². The van der Waals surface area contributed by atoms with Crippen LogP contribution >= 0.6 is 0 Å². The summed E-state index contributed by atoms with van der Waals surface area (Å²) in [5, 5.41) is 47.4. The molecule has 4 aliphatic rings. The number of Topliss-reactive ketones (excluding diaryl/α,β-unsaturated/α-hetero) is 1. The van der Waals surface area contributed by atoms with E-state index in [1.807, 2.05) is 0 Å². The lowest BCUT2D eigenvalue weighted by Crippen LogP contribution is -2.79. The predicted molar refractivity (Wildman–Crippen MR) is 174 cm³/mol. The smallest absolute Gasteiger partial charge is 0.338 e. The van der Waals surface area contributed by atoms with Crippen LogP contribution in [0.1, 0.15) is 62.5 Å². The number of hydrogen-bond acceptors (Lipinski definition) is 13. The normalized spacial score (nSPS) is 35.5. The van der Waals surface area contributed by atoms with E-state index in [4.69, 9.17) is 24.7 Å². The monoisotopic (exact) mass is 693 g/mol. The molecule has 2 bridgehead atoms. The molecule has 6 N–H and O–H groups in total. The Morgan fingerprint density at radius 1 is 1.00 bits per heavy atom. The lowest BCUT2D eigenvalue weighted by atomic mass is 9.49. The molecular weight excluding hydrogens is 650 g/mol. The van der Waals surface area contributed by atoms with Gasteiger partial charge in [0, 0.05) is 25.2 Å². The third kappa shape index (κ3) is 5.56. The maximum absolute atomic E-state index is 14.5. The van der Waals surface area contributed by atoms with Crippen molar-refractivity contribution in [3.05, 3.63) is 82.9 Å². The lowest BCUT2D eigenvalue weighted by Gasteiger charge is -2.64. The Kier molecular flexibility index (Phi) is 9.29. The van der Waals surface area contributed by atoms with Crippen molar-refractivity contribution in [2.45, 2.75) is 94.4 Å². The fourth-order valence-electron chi connectivity index (χ4n) is 8.61. The average molecular weight is 694 g/mol. The van der Waals surface area contributed by atoms with Crippen molar-refractivity contribution < 1.29 is 58.6 Å². The molecule has 6 rings (SSSR count). The number of nitrogens with two attached hydrogens (primary N) is 1. The zero-order valence-electron chi connectivity index (χ0n) is 28.2. The van der Waals surface area contributed by atoms with Crippen molar-refractivity contribution in [3.8, 4) is 0 Å². The topological polar surface area (TPSA) is 212 Å². The molecule has 0 amide bonds. The number of carbonyl (C=O) groups excluding carboxylic acids is 4. The molecule has 2 aromatic rings. The van der Waals surface area contributed by atoms with Crippen molar-refractivity contribution in [3.63, 3.8) is 0 Å². The Morgan fingerprint density at radius 2 is 1.62 bits per heavy atom. The summed E-state index contributed by atoms with van der Waals surface area (Å²) in [4.78, 5) is 54.4. The van der Waals surface area contributed by atoms with Crippen molar-refractivity contribution in [1.29, 1.82) is 0 Å². The molecule has 268 valence electrons. The van der Waals surface area contributed by atoms with Crippen LogP contribution in [0.5, 0.6) is 0 Å². The van der Waals surface area contributed by atoms with Crippen LogP contribution in [0.3, 0.4) is 0 Å². The quantitative estimate of drug-likeness (QED) is 0.157. The van der Waals surface area contributed by atoms with Gasteiger partial charge >= 0.3 is 17.9 Å². The van der Waals surface area contributed by atoms with Gasteiger partial charge in [-0.3, -0.25) is 9.59 Å². The zero-order valence-corrected chi connectivity index (χ0v) is 28.2. The minimum atomic E-state index is -2.25. The Morgan fingerprint density at radius 3 is 2.20 bits per heavy atom. The molecule has 0 radical (unpaired) electrons. The molecule has 11 atom stereocenters. The molecule has 2 saturated carbocycles. The van der Waals surface area contributed by atoms with E-state index in [-0.39, 0.29) is 29.7 Å². The van der Waals surface area contributed by atoms with Crippen LogP contribution < -0.4 is 5.73 Å². The SMILES string of the molecule is CC(=O)O[C@@]12CO[C@@H]1C[C@H](O)C1C(=O)[C@H](O)C3=C(C)[C@@H](OC(=O)[C@H](O)[C@@H](N)c4ccccc4)C[C@@](O)([C@@H](OC(=O)c4ccccc4)[C@@H]12)C3(C)C. The molecule has 0 spiro atoms. The average Bonchev–Trinajstić information content (AvgIpc) is 3.08. The van der Waals surface area contributed by atoms with Crippen LogP contribution in [0.15, 0.2) is 71.8 Å². The summed E-state index contributed by atoms with van der Waals surface area (Å²) in [6, 6.07) is 15.2. The molecule has 2 aromatic carbocycles. The Labute approximate surface area is 289 Å². The van der Waals surface area contributed by atoms with Gasteiger partial charge in [-0.25, -0.2) is 9.59 Å². The Hall–Kier alpha value is -3.98. The minimum Gasteiger partial charge on any atom is -0.456 e. The number of ether oxygens (including phenoxy) is 4. The van der Waals surface area contributed by atoms with Gasteiger partial charge in [-0.2, -0.15) is 0 Å². The molecule has 1 unspecified atom stereocenters. The van der Waals surface area contributed by atoms with Gasteiger partial charge in [0.15, 0.2) is 17.5 Å². The first kappa shape index (κ1) is 35.8. The number of aliphatic hydroxyl groups is 4. The highest BCUT2D eigenvalue weighted by Gasteiger charge is 2.74. The van der Waals surface area contributed by atoms with Gasteiger partial charge in [0.25, 0.3) is 0 Å². The third-order valence-electron chi connectivity index (χ3n) is 11.3. The summed E-state index contributed by atoms with van der Waals surface area (Å²) in [5.74, 6) is -6.50. The van der Waals surface area contributed by atoms with E-state index in [0.717, 1.165) is 0 Å². The van der Waals surface area contributed by atoms with Gasteiger partial charge in [0.1, 0.15) is 30.0 Å². The van der Waals surface area contributed by atoms with Gasteiger partial charge in [-0.15, -0.1) is 0 Å². The lowest BCUT2D eigenvalue weighted by molar-refractivity contribution is -0.332. The number of hydrogen-bond donors (Lipinski definition) is 5. The summed E-state index contributed by atoms with van der Waals surface area (Å²) in [5.41, 5.74) is 1.55. The van der Waals surface area contributed by atoms with Crippen molar-refractivity contribution >= 4 is 23.7 Å². The van der Waals surface area contributed by atoms with Crippen molar-refractivity contribution in [2.24, 2.45) is 23.0 Å². The molecule has 0 aromatic heterocycles. The summed E-state index contributed by atoms with van der Waals surface area (Å²) >= 11 is 0. The number of ketones is 1. The van der Waals surface area contributed by atoms with Crippen molar-refractivity contribution in [2.75, 3.05) is 6.61 Å². The highest BCUT2D eigenvalue weighted by molar-refractivity contribution is 5.91. The number of esters is 3. The van der Waals surface area contributed by atoms with Crippen LogP contribution in [0.4, 0.5) is 0 Å². The molecule has 1 heterocycles. The van der Waals surface area contributed by atoms with Gasteiger partial charge in [-0.05, 0) is 35.8 Å². The van der Waals surface area contributed by atoms with E-state index in [0.29, 0.717) is 5.56 Å². The number of fused-ring (bicyclic) bond motifs is 5. The Balaban J connectivity index is 1.50. The molecule has 13 heteroatoms. The van der Waals surface area contributed by atoms with Gasteiger partial charge in [-0.1, -0.05) is 62.4 Å². The maximum atomic E-state index is 14.5. The van der Waals surface area contributed by atoms with E-state index in [9.17, 15) is 39.6 Å². The highest BCUT2D eigenvalue weighted by Crippen LogP contribution is 2.60. The van der Waals surface area contributed by atoms with Crippen molar-refractivity contribution in [1.82, 2.24) is 0 Å². The standard InChI is InChI=1S/C37H43NO12/c1-18-23(48-34(45)31(43)28(38)20-11-7-5-8-12-20)16-37(46)32(49-33(44)21-13-9-6-10-14-21)27-25(29(41)30(42)26(18)35(37,3)4)22(40)15-24-36(27,17-47-24)50-19(2)39/h5-14,22-25,27-28,30-32,40,42-43,46H,15-17,38H2,1-4H3/t22-,23-,24+,25?,27+,28-,30+,31+,32-,36-,37+/m0/s1. The van der Waals surface area contributed by atoms with E-state index < -0.39 is 101 Å². The van der Waals surface area contributed by atoms with Crippen LogP contribution in [0.2, 0.25) is 0 Å². The van der Waals surface area contributed by atoms with Gasteiger partial charge < -0.3 is 45.1 Å². The first-order chi connectivity index (χ1) is 23.5. The van der Waals surface area contributed by atoms with Crippen LogP contribution in [-0.2, 0) is 33.3 Å². The van der Waals surface area contributed by atoms with E-state index >= 15 is 0 Å². The molecular formula is C37H43NO12. The van der Waals surface area contributed by atoms with Crippen LogP contribution in [0, 0.1) is 17.3 Å². The Bertz CT molecular complexity index is 1690. The summed E-state index contributed by atoms with van der Waals surface area (Å²) in [6.07, 6.45) is -9.75. The molecule has 3 fully saturated rings. The predicted octanol–water partition coefficient (Wildman–Crippen LogP) is 1.30. The molecule has 3 aliphatic carbocycles. The summed E-state index contributed by atoms with van der Waals surface area (Å²) in [7, 11) is 0. The first-order valence-electron chi connectivity index (χ1n) is 16.6. The van der Waals surface area contributed by atoms with Gasteiger partial charge in [0.2, 0.25) is 0 Å². The largest absolute Gasteiger partial charge is 0.456 e.